The number of carbonyl (C=O) groups excluding carboxylic acids is 2. The largest absolute Gasteiger partial charge is 0.354 e. The van der Waals surface area contributed by atoms with Crippen molar-refractivity contribution in [3.63, 3.8) is 0 Å². The van der Waals surface area contributed by atoms with Gasteiger partial charge in [-0.2, -0.15) is 0 Å². The number of nitrogens with one attached hydrogen (secondary N) is 1. The summed E-state index contributed by atoms with van der Waals surface area (Å²) < 4.78 is 0. The van der Waals surface area contributed by atoms with Gasteiger partial charge in [-0.1, -0.05) is 111 Å². The molecule has 3 aromatic carbocycles. The van der Waals surface area contributed by atoms with Gasteiger partial charge in [0.15, 0.2) is 0 Å². The van der Waals surface area contributed by atoms with Crippen LogP contribution in [-0.2, 0) is 29.0 Å². The minimum Gasteiger partial charge on any atom is -0.354 e. The molecule has 0 saturated heterocycles. The quantitative estimate of drug-likeness (QED) is 0.342. The van der Waals surface area contributed by atoms with Crippen LogP contribution in [0, 0.1) is 0 Å². The van der Waals surface area contributed by atoms with Crippen LogP contribution in [-0.4, -0.2) is 29.3 Å². The number of nitrogens with zero attached hydrogens (tertiary/aromatic N) is 1. The molecule has 0 aliphatic heterocycles. The van der Waals surface area contributed by atoms with Crippen molar-refractivity contribution in [3.8, 4) is 0 Å². The maximum absolute atomic E-state index is 13.6. The van der Waals surface area contributed by atoms with E-state index in [1.807, 2.05) is 91.0 Å². The molecular formula is C30H36N2O2. The van der Waals surface area contributed by atoms with Crippen molar-refractivity contribution in [3.05, 3.63) is 108 Å². The van der Waals surface area contributed by atoms with Gasteiger partial charge in [0.05, 0.1) is 0 Å². The first-order valence-electron chi connectivity index (χ1n) is 12.4. The number of carbonyl (C=O) groups is 2. The fraction of sp³-hybridized carbons (Fsp3) is 0.333. The second-order valence-corrected chi connectivity index (χ2v) is 8.70. The molecule has 0 aliphatic carbocycles. The van der Waals surface area contributed by atoms with Crippen molar-refractivity contribution in [1.29, 1.82) is 0 Å². The molecule has 3 aromatic rings. The molecule has 4 heteroatoms. The molecule has 4 nitrogen and oxygen atoms in total. The maximum Gasteiger partial charge on any atom is 0.243 e. The molecule has 0 unspecified atom stereocenters. The van der Waals surface area contributed by atoms with E-state index < -0.39 is 6.04 Å². The Labute approximate surface area is 204 Å². The third-order valence-corrected chi connectivity index (χ3v) is 6.02. The third-order valence-electron chi connectivity index (χ3n) is 6.02. The van der Waals surface area contributed by atoms with E-state index in [1.165, 1.54) is 0 Å². The van der Waals surface area contributed by atoms with E-state index >= 15 is 0 Å². The first-order valence-corrected chi connectivity index (χ1v) is 12.4. The van der Waals surface area contributed by atoms with Crippen molar-refractivity contribution in [2.75, 3.05) is 6.54 Å². The van der Waals surface area contributed by atoms with Gasteiger partial charge >= 0.3 is 0 Å². The molecule has 0 heterocycles. The molecule has 0 aliphatic rings. The summed E-state index contributed by atoms with van der Waals surface area (Å²) in [6, 6.07) is 29.4. The van der Waals surface area contributed by atoms with E-state index in [2.05, 4.69) is 12.2 Å². The van der Waals surface area contributed by atoms with Crippen LogP contribution in [0.15, 0.2) is 91.0 Å². The number of unbranched alkanes of at least 4 members (excludes halogenated alkanes) is 2. The van der Waals surface area contributed by atoms with Crippen LogP contribution in [0.5, 0.6) is 0 Å². The summed E-state index contributed by atoms with van der Waals surface area (Å²) in [6.45, 7) is 3.19. The van der Waals surface area contributed by atoms with Gasteiger partial charge in [-0.15, -0.1) is 0 Å². The van der Waals surface area contributed by atoms with Crippen molar-refractivity contribution in [2.45, 2.75) is 58.0 Å². The lowest BCUT2D eigenvalue weighted by atomic mass is 10.0. The van der Waals surface area contributed by atoms with E-state index in [4.69, 9.17) is 0 Å². The molecule has 1 atom stereocenters. The summed E-state index contributed by atoms with van der Waals surface area (Å²) in [4.78, 5) is 28.8. The number of aryl methyl sites for hydroxylation is 1. The Morgan fingerprint density at radius 2 is 1.32 bits per heavy atom. The van der Waals surface area contributed by atoms with Crippen LogP contribution in [0.2, 0.25) is 0 Å². The zero-order valence-corrected chi connectivity index (χ0v) is 20.2. The first-order chi connectivity index (χ1) is 16.7. The van der Waals surface area contributed by atoms with E-state index in [1.54, 1.807) is 4.90 Å². The Morgan fingerprint density at radius 1 is 0.765 bits per heavy atom. The van der Waals surface area contributed by atoms with Gasteiger partial charge in [-0.05, 0) is 29.5 Å². The topological polar surface area (TPSA) is 49.4 Å². The van der Waals surface area contributed by atoms with Gasteiger partial charge < -0.3 is 10.2 Å². The Morgan fingerprint density at radius 3 is 1.91 bits per heavy atom. The zero-order chi connectivity index (χ0) is 24.0. The first kappa shape index (κ1) is 25.2. The van der Waals surface area contributed by atoms with Gasteiger partial charge in [0.25, 0.3) is 0 Å². The molecule has 0 fully saturated rings. The summed E-state index contributed by atoms with van der Waals surface area (Å²) in [5, 5.41) is 3.10. The number of amides is 2. The van der Waals surface area contributed by atoms with E-state index in [-0.39, 0.29) is 11.8 Å². The standard InChI is InChI=1S/C30H36N2O2/c1-2-3-13-22-31-30(34)28(23-26-16-9-5-10-17-26)32(24-27-18-11-6-12-19-27)29(33)21-20-25-14-7-4-8-15-25/h4-12,14-19,28H,2-3,13,20-24H2,1H3,(H,31,34)/t28-/m1/s1. The average Bonchev–Trinajstić information content (AvgIpc) is 2.89. The highest BCUT2D eigenvalue weighted by Gasteiger charge is 2.30. The molecule has 0 radical (unpaired) electrons. The molecule has 0 saturated carbocycles. The minimum absolute atomic E-state index is 0.00246. The normalized spacial score (nSPS) is 11.6. The summed E-state index contributed by atoms with van der Waals surface area (Å²) >= 11 is 0. The Kier molecular flexibility index (Phi) is 10.4. The van der Waals surface area contributed by atoms with Gasteiger partial charge in [0, 0.05) is 25.9 Å². The van der Waals surface area contributed by atoms with Crippen molar-refractivity contribution >= 4 is 11.8 Å². The van der Waals surface area contributed by atoms with Gasteiger partial charge in [0.2, 0.25) is 11.8 Å². The lowest BCUT2D eigenvalue weighted by molar-refractivity contribution is -0.141. The second kappa shape index (κ2) is 14.0. The lowest BCUT2D eigenvalue weighted by Crippen LogP contribution is -2.50. The monoisotopic (exact) mass is 456 g/mol. The number of hydrogen-bond donors (Lipinski definition) is 1. The summed E-state index contributed by atoms with van der Waals surface area (Å²) in [6.07, 6.45) is 4.63. The number of benzene rings is 3. The van der Waals surface area contributed by atoms with Crippen molar-refractivity contribution in [2.24, 2.45) is 0 Å². The summed E-state index contributed by atoms with van der Waals surface area (Å²) in [5.74, 6) is -0.0821. The highest BCUT2D eigenvalue weighted by atomic mass is 16.2. The van der Waals surface area contributed by atoms with Crippen LogP contribution in [0.3, 0.4) is 0 Å². The summed E-state index contributed by atoms with van der Waals surface area (Å²) in [5.41, 5.74) is 3.19. The smallest absolute Gasteiger partial charge is 0.243 e. The van der Waals surface area contributed by atoms with E-state index in [0.29, 0.717) is 32.4 Å². The highest BCUT2D eigenvalue weighted by molar-refractivity contribution is 5.88. The van der Waals surface area contributed by atoms with Crippen molar-refractivity contribution in [1.82, 2.24) is 10.2 Å². The predicted molar refractivity (Wildman–Crippen MR) is 138 cm³/mol. The van der Waals surface area contributed by atoms with Crippen LogP contribution >= 0.6 is 0 Å². The molecule has 0 spiro atoms. The van der Waals surface area contributed by atoms with Gasteiger partial charge in [-0.3, -0.25) is 9.59 Å². The van der Waals surface area contributed by atoms with E-state index in [9.17, 15) is 9.59 Å². The Hall–Kier alpha value is -3.40. The van der Waals surface area contributed by atoms with Crippen molar-refractivity contribution < 1.29 is 9.59 Å². The van der Waals surface area contributed by atoms with Gasteiger partial charge in [-0.25, -0.2) is 0 Å². The molecular weight excluding hydrogens is 420 g/mol. The summed E-state index contributed by atoms with van der Waals surface area (Å²) in [7, 11) is 0. The molecule has 3 rings (SSSR count). The van der Waals surface area contributed by atoms with Crippen LogP contribution in [0.25, 0.3) is 0 Å². The number of hydrogen-bond acceptors (Lipinski definition) is 2. The molecule has 178 valence electrons. The molecule has 2 amide bonds. The Balaban J connectivity index is 1.83. The van der Waals surface area contributed by atoms with E-state index in [0.717, 1.165) is 36.0 Å². The number of rotatable bonds is 13. The Bertz CT molecular complexity index is 990. The fourth-order valence-corrected chi connectivity index (χ4v) is 4.08. The average molecular weight is 457 g/mol. The fourth-order valence-electron chi connectivity index (χ4n) is 4.08. The van der Waals surface area contributed by atoms with Crippen LogP contribution in [0.1, 0.15) is 49.3 Å². The van der Waals surface area contributed by atoms with Crippen LogP contribution < -0.4 is 5.32 Å². The van der Waals surface area contributed by atoms with Crippen LogP contribution in [0.4, 0.5) is 0 Å². The highest BCUT2D eigenvalue weighted by Crippen LogP contribution is 2.17. The van der Waals surface area contributed by atoms with Gasteiger partial charge in [0.1, 0.15) is 6.04 Å². The third kappa shape index (κ3) is 8.18. The lowest BCUT2D eigenvalue weighted by Gasteiger charge is -2.31. The maximum atomic E-state index is 13.6. The molecule has 34 heavy (non-hydrogen) atoms. The predicted octanol–water partition coefficient (Wildman–Crippen LogP) is 5.57. The SMILES string of the molecule is CCCCCNC(=O)[C@@H](Cc1ccccc1)N(Cc1ccccc1)C(=O)CCc1ccccc1. The molecule has 0 bridgehead atoms. The zero-order valence-electron chi connectivity index (χ0n) is 20.2. The minimum atomic E-state index is -0.562. The molecule has 1 N–H and O–H groups in total. The molecule has 0 aromatic heterocycles. The second-order valence-electron chi connectivity index (χ2n) is 8.70.